The van der Waals surface area contributed by atoms with E-state index in [9.17, 15) is 23.1 Å². The summed E-state index contributed by atoms with van der Waals surface area (Å²) in [6, 6.07) is 0.113. The topological polar surface area (TPSA) is 90.8 Å². The van der Waals surface area contributed by atoms with Crippen molar-refractivity contribution >= 4 is 11.7 Å². The molecule has 0 saturated carbocycles. The normalized spacial score (nSPS) is 30.2. The maximum atomic E-state index is 13.1. The van der Waals surface area contributed by atoms with Gasteiger partial charge in [0.2, 0.25) is 5.95 Å². The molecule has 3 fully saturated rings. The molecule has 0 radical (unpaired) electrons. The zero-order valence-electron chi connectivity index (χ0n) is 16.7. The quantitative estimate of drug-likeness (QED) is 0.714. The van der Waals surface area contributed by atoms with Crippen LogP contribution < -0.4 is 10.2 Å². The maximum Gasteiger partial charge on any atom is 0.421 e. The number of anilines is 1. The summed E-state index contributed by atoms with van der Waals surface area (Å²) in [6.45, 7) is 4.42. The smallest absolute Gasteiger partial charge is 0.378 e. The Kier molecular flexibility index (Phi) is 5.73. The van der Waals surface area contributed by atoms with Crippen molar-refractivity contribution in [1.82, 2.24) is 20.2 Å². The molecule has 1 aromatic rings. The summed E-state index contributed by atoms with van der Waals surface area (Å²) in [6.07, 6.45) is -1.78. The van der Waals surface area contributed by atoms with Gasteiger partial charge in [0.15, 0.2) is 5.60 Å². The molecule has 0 aliphatic carbocycles. The van der Waals surface area contributed by atoms with E-state index in [0.29, 0.717) is 65.1 Å². The zero-order chi connectivity index (χ0) is 21.5. The second kappa shape index (κ2) is 8.03. The number of hydrogen-bond donors (Lipinski definition) is 2. The summed E-state index contributed by atoms with van der Waals surface area (Å²) >= 11 is 0. The molecule has 8 nitrogen and oxygen atoms in total. The number of rotatable bonds is 4. The Morgan fingerprint density at radius 2 is 1.87 bits per heavy atom. The predicted octanol–water partition coefficient (Wildman–Crippen LogP) is 0.457. The standard InChI is InChI=1S/C19H26F3N5O3/c1-18(29,19(20,21)22)12-6-24-17(25-7-12)26-3-2-23-8-15(26)9-27-13-4-16(28)5-14(27)11-30-10-13/h6-7,13-15,23,29H,2-5,8-11H2,1H3/t13?,14?,15-,18?/m1/s1. The number of piperazine rings is 1. The first-order valence-electron chi connectivity index (χ1n) is 10.1. The summed E-state index contributed by atoms with van der Waals surface area (Å²) in [7, 11) is 0. The minimum Gasteiger partial charge on any atom is -0.378 e. The van der Waals surface area contributed by atoms with Gasteiger partial charge in [-0.1, -0.05) is 0 Å². The van der Waals surface area contributed by atoms with Crippen LogP contribution in [0, 0.1) is 0 Å². The molecule has 2 N–H and O–H groups in total. The van der Waals surface area contributed by atoms with Crippen molar-refractivity contribution in [3.63, 3.8) is 0 Å². The zero-order valence-corrected chi connectivity index (χ0v) is 16.7. The highest BCUT2D eigenvalue weighted by Crippen LogP contribution is 2.38. The molecule has 3 unspecified atom stereocenters. The first-order chi connectivity index (χ1) is 14.2. The number of alkyl halides is 3. The second-order valence-electron chi connectivity index (χ2n) is 8.38. The molecule has 3 saturated heterocycles. The molecule has 166 valence electrons. The number of ketones is 1. The van der Waals surface area contributed by atoms with Gasteiger partial charge in [-0.25, -0.2) is 9.97 Å². The van der Waals surface area contributed by atoms with E-state index in [1.54, 1.807) is 0 Å². The molecule has 0 spiro atoms. The molecule has 4 atom stereocenters. The third kappa shape index (κ3) is 4.03. The Labute approximate surface area is 172 Å². The minimum absolute atomic E-state index is 0.00373. The highest BCUT2D eigenvalue weighted by molar-refractivity contribution is 5.80. The van der Waals surface area contributed by atoms with Crippen LogP contribution in [0.5, 0.6) is 0 Å². The molecular formula is C19H26F3N5O3. The summed E-state index contributed by atoms with van der Waals surface area (Å²) < 4.78 is 44.8. The summed E-state index contributed by atoms with van der Waals surface area (Å²) in [5, 5.41) is 13.2. The first-order valence-corrected chi connectivity index (χ1v) is 10.1. The summed E-state index contributed by atoms with van der Waals surface area (Å²) in [4.78, 5) is 24.5. The van der Waals surface area contributed by atoms with Crippen LogP contribution in [-0.4, -0.2) is 89.5 Å². The van der Waals surface area contributed by atoms with Gasteiger partial charge < -0.3 is 20.1 Å². The largest absolute Gasteiger partial charge is 0.421 e. The number of carbonyl (C=O) groups is 1. The lowest BCUT2D eigenvalue weighted by Gasteiger charge is -2.48. The van der Waals surface area contributed by atoms with Crippen LogP contribution in [0.4, 0.5) is 19.1 Å². The highest BCUT2D eigenvalue weighted by atomic mass is 19.4. The lowest BCUT2D eigenvalue weighted by molar-refractivity contribution is -0.259. The minimum atomic E-state index is -4.82. The highest BCUT2D eigenvalue weighted by Gasteiger charge is 2.51. The molecule has 1 aromatic heterocycles. The molecule has 3 aliphatic heterocycles. The van der Waals surface area contributed by atoms with E-state index in [2.05, 4.69) is 20.2 Å². The molecule has 4 heterocycles. The van der Waals surface area contributed by atoms with Gasteiger partial charge in [0.25, 0.3) is 0 Å². The Hall–Kier alpha value is -1.82. The monoisotopic (exact) mass is 429 g/mol. The SMILES string of the molecule is CC(O)(c1cnc(N2CCNC[C@@H]2CN2C3COCC2CC(=O)C3)nc1)C(F)(F)F. The van der Waals surface area contributed by atoms with Gasteiger partial charge in [-0.15, -0.1) is 0 Å². The number of nitrogens with one attached hydrogen (secondary N) is 1. The maximum absolute atomic E-state index is 13.1. The van der Waals surface area contributed by atoms with Crippen molar-refractivity contribution in [2.45, 2.75) is 49.7 Å². The van der Waals surface area contributed by atoms with Crippen molar-refractivity contribution in [2.24, 2.45) is 0 Å². The van der Waals surface area contributed by atoms with Crippen LogP contribution in [0.1, 0.15) is 25.3 Å². The lowest BCUT2D eigenvalue weighted by atomic mass is 9.92. The molecular weight excluding hydrogens is 403 g/mol. The fourth-order valence-corrected chi connectivity index (χ4v) is 4.40. The third-order valence-corrected chi connectivity index (χ3v) is 6.27. The van der Waals surface area contributed by atoms with Crippen LogP contribution in [0.3, 0.4) is 0 Å². The van der Waals surface area contributed by atoms with Crippen LogP contribution in [-0.2, 0) is 15.1 Å². The second-order valence-corrected chi connectivity index (χ2v) is 8.38. The number of hydrogen-bond acceptors (Lipinski definition) is 8. The van der Waals surface area contributed by atoms with Gasteiger partial charge in [0, 0.05) is 69.1 Å². The van der Waals surface area contributed by atoms with Crippen LogP contribution in [0.25, 0.3) is 0 Å². The van der Waals surface area contributed by atoms with E-state index in [4.69, 9.17) is 4.74 Å². The van der Waals surface area contributed by atoms with Gasteiger partial charge in [0.05, 0.1) is 19.3 Å². The number of aliphatic hydroxyl groups is 1. The van der Waals surface area contributed by atoms with E-state index in [1.165, 1.54) is 0 Å². The van der Waals surface area contributed by atoms with E-state index in [-0.39, 0.29) is 23.9 Å². The number of fused-ring (bicyclic) bond motifs is 2. The molecule has 4 rings (SSSR count). The number of Topliss-reactive ketones (excluding diaryl/α,β-unsaturated/α-hetero) is 1. The molecule has 11 heteroatoms. The van der Waals surface area contributed by atoms with E-state index >= 15 is 0 Å². The Morgan fingerprint density at radius 1 is 1.23 bits per heavy atom. The van der Waals surface area contributed by atoms with Crippen molar-refractivity contribution in [2.75, 3.05) is 44.3 Å². The fourth-order valence-electron chi connectivity index (χ4n) is 4.40. The van der Waals surface area contributed by atoms with Crippen LogP contribution >= 0.6 is 0 Å². The van der Waals surface area contributed by atoms with E-state index in [1.807, 2.05) is 4.90 Å². The van der Waals surface area contributed by atoms with Gasteiger partial charge in [0.1, 0.15) is 5.78 Å². The van der Waals surface area contributed by atoms with Crippen molar-refractivity contribution in [1.29, 1.82) is 0 Å². The van der Waals surface area contributed by atoms with Gasteiger partial charge in [-0.2, -0.15) is 13.2 Å². The summed E-state index contributed by atoms with van der Waals surface area (Å²) in [5.74, 6) is 0.594. The number of ether oxygens (including phenoxy) is 1. The predicted molar refractivity (Wildman–Crippen MR) is 101 cm³/mol. The number of morpholine rings is 1. The number of carbonyl (C=O) groups excluding carboxylic acids is 1. The van der Waals surface area contributed by atoms with E-state index < -0.39 is 17.3 Å². The Balaban J connectivity index is 1.51. The van der Waals surface area contributed by atoms with Crippen molar-refractivity contribution in [3.05, 3.63) is 18.0 Å². The van der Waals surface area contributed by atoms with Crippen molar-refractivity contribution in [3.8, 4) is 0 Å². The average Bonchev–Trinajstić information content (AvgIpc) is 2.68. The Morgan fingerprint density at radius 3 is 2.47 bits per heavy atom. The van der Waals surface area contributed by atoms with Crippen LogP contribution in [0.15, 0.2) is 12.4 Å². The average molecular weight is 429 g/mol. The number of aromatic nitrogens is 2. The lowest BCUT2D eigenvalue weighted by Crippen LogP contribution is -2.63. The summed E-state index contributed by atoms with van der Waals surface area (Å²) in [5.41, 5.74) is -3.40. The molecule has 30 heavy (non-hydrogen) atoms. The van der Waals surface area contributed by atoms with Gasteiger partial charge >= 0.3 is 6.18 Å². The van der Waals surface area contributed by atoms with Gasteiger partial charge in [-0.3, -0.25) is 9.69 Å². The molecule has 0 amide bonds. The molecule has 2 bridgehead atoms. The fraction of sp³-hybridized carbons (Fsp3) is 0.737. The number of halogens is 3. The van der Waals surface area contributed by atoms with E-state index in [0.717, 1.165) is 12.4 Å². The van der Waals surface area contributed by atoms with Gasteiger partial charge in [-0.05, 0) is 6.92 Å². The van der Waals surface area contributed by atoms with Crippen molar-refractivity contribution < 1.29 is 27.8 Å². The third-order valence-electron chi connectivity index (χ3n) is 6.27. The number of nitrogens with zero attached hydrogens (tertiary/aromatic N) is 4. The van der Waals surface area contributed by atoms with Crippen LogP contribution in [0.2, 0.25) is 0 Å². The molecule has 3 aliphatic rings. The number of piperidine rings is 1. The Bertz CT molecular complexity index is 758. The molecule has 0 aromatic carbocycles. The first kappa shape index (κ1) is 21.4.